The molecule has 8 aromatic rings. The van der Waals surface area contributed by atoms with Gasteiger partial charge in [-0.2, -0.15) is 0 Å². The number of nitrogens with zero attached hydrogens (tertiary/aromatic N) is 6. The van der Waals surface area contributed by atoms with Crippen LogP contribution in [0.3, 0.4) is 0 Å². The summed E-state index contributed by atoms with van der Waals surface area (Å²) in [6, 6.07) is 49.7. The third-order valence-electron chi connectivity index (χ3n) is 8.55. The molecule has 2 aromatic carbocycles. The highest BCUT2D eigenvalue weighted by Crippen LogP contribution is 2.30. The molecule has 0 radical (unpaired) electrons. The fraction of sp³-hybridized carbons (Fsp3) is 0.0455. The van der Waals surface area contributed by atoms with Crippen molar-refractivity contribution in [1.29, 1.82) is 0 Å². The molecule has 8 rings (SSSR count). The molecular formula is C44H32N6. The van der Waals surface area contributed by atoms with Crippen LogP contribution in [0.4, 0.5) is 0 Å². The molecule has 0 spiro atoms. The van der Waals surface area contributed by atoms with Crippen LogP contribution in [-0.2, 0) is 12.8 Å². The molecule has 0 bridgehead atoms. The van der Waals surface area contributed by atoms with Crippen LogP contribution in [0.25, 0.3) is 56.7 Å². The van der Waals surface area contributed by atoms with E-state index in [-0.39, 0.29) is 0 Å². The van der Waals surface area contributed by atoms with Gasteiger partial charge < -0.3 is 0 Å². The molecule has 6 heterocycles. The number of rotatable bonds is 9. The Bertz CT molecular complexity index is 2210. The summed E-state index contributed by atoms with van der Waals surface area (Å²) in [6.07, 6.45) is 8.82. The van der Waals surface area contributed by atoms with Crippen LogP contribution in [0.1, 0.15) is 22.3 Å². The minimum absolute atomic E-state index is 0.782. The van der Waals surface area contributed by atoms with Crippen LogP contribution >= 0.6 is 0 Å². The second-order valence-electron chi connectivity index (χ2n) is 12.1. The average Bonchev–Trinajstić information content (AvgIpc) is 3.20. The first-order valence-electron chi connectivity index (χ1n) is 16.6. The van der Waals surface area contributed by atoms with Gasteiger partial charge in [-0.1, -0.05) is 72.8 Å². The van der Waals surface area contributed by atoms with Crippen LogP contribution in [0.5, 0.6) is 0 Å². The van der Waals surface area contributed by atoms with E-state index in [4.69, 9.17) is 9.97 Å². The molecular weight excluding hydrogens is 613 g/mol. The fourth-order valence-electron chi connectivity index (χ4n) is 6.03. The quantitative estimate of drug-likeness (QED) is 0.156. The average molecular weight is 645 g/mol. The zero-order valence-electron chi connectivity index (χ0n) is 27.3. The predicted molar refractivity (Wildman–Crippen MR) is 199 cm³/mol. The Balaban J connectivity index is 1.01. The molecule has 50 heavy (non-hydrogen) atoms. The summed E-state index contributed by atoms with van der Waals surface area (Å²) in [6.45, 7) is 0. The molecule has 0 saturated heterocycles. The van der Waals surface area contributed by atoms with E-state index in [0.717, 1.165) is 75.1 Å². The zero-order valence-corrected chi connectivity index (χ0v) is 27.3. The molecule has 6 aromatic heterocycles. The van der Waals surface area contributed by atoms with E-state index in [0.29, 0.717) is 0 Å². The maximum absolute atomic E-state index is 4.91. The monoisotopic (exact) mass is 644 g/mol. The minimum Gasteiger partial charge on any atom is -0.255 e. The summed E-state index contributed by atoms with van der Waals surface area (Å²) < 4.78 is 0. The highest BCUT2D eigenvalue weighted by atomic mass is 14.8. The second-order valence-corrected chi connectivity index (χ2v) is 12.1. The van der Waals surface area contributed by atoms with Crippen molar-refractivity contribution in [3.63, 3.8) is 0 Å². The summed E-state index contributed by atoms with van der Waals surface area (Å²) >= 11 is 0. The van der Waals surface area contributed by atoms with E-state index >= 15 is 0 Å². The number of benzene rings is 2. The highest BCUT2D eigenvalue weighted by Gasteiger charge is 2.12. The zero-order chi connectivity index (χ0) is 33.5. The van der Waals surface area contributed by atoms with E-state index in [1.54, 1.807) is 24.8 Å². The Hall–Kier alpha value is -6.66. The Morgan fingerprint density at radius 3 is 0.980 bits per heavy atom. The largest absolute Gasteiger partial charge is 0.255 e. The molecule has 238 valence electrons. The predicted octanol–water partition coefficient (Wildman–Crippen LogP) is 9.57. The van der Waals surface area contributed by atoms with Gasteiger partial charge in [0.25, 0.3) is 0 Å². The molecule has 0 aliphatic carbocycles. The molecule has 6 heteroatoms. The minimum atomic E-state index is 0.782. The molecule has 0 atom stereocenters. The van der Waals surface area contributed by atoms with E-state index < -0.39 is 0 Å². The van der Waals surface area contributed by atoms with Crippen LogP contribution < -0.4 is 0 Å². The fourth-order valence-corrected chi connectivity index (χ4v) is 6.03. The van der Waals surface area contributed by atoms with Gasteiger partial charge in [0.05, 0.1) is 45.6 Å². The molecule has 0 amide bonds. The number of aromatic nitrogens is 6. The molecule has 0 unspecified atom stereocenters. The van der Waals surface area contributed by atoms with Gasteiger partial charge in [-0.25, -0.2) is 9.97 Å². The van der Waals surface area contributed by atoms with Crippen molar-refractivity contribution in [3.8, 4) is 56.7 Å². The lowest BCUT2D eigenvalue weighted by molar-refractivity contribution is 1.13. The lowest BCUT2D eigenvalue weighted by Crippen LogP contribution is -1.97. The van der Waals surface area contributed by atoms with Gasteiger partial charge in [-0.15, -0.1) is 0 Å². The second kappa shape index (κ2) is 14.2. The third-order valence-corrected chi connectivity index (χ3v) is 8.55. The normalized spacial score (nSPS) is 11.0. The standard InChI is InChI=1S/C44H32N6/c1-5-21-45-37(9-1)41-27-34(28-42(49-41)38-10-2-6-22-46-38)26-32-15-13-31(14-16-32)25-33-17-19-35(20-18-33)36-29-43(39-11-3-7-23-47-39)50-44(30-36)40-12-4-8-24-48-40/h1-24,27-30H,25-26H2. The van der Waals surface area contributed by atoms with Crippen molar-refractivity contribution in [3.05, 3.63) is 193 Å². The van der Waals surface area contributed by atoms with Crippen molar-refractivity contribution in [2.24, 2.45) is 0 Å². The smallest absolute Gasteiger partial charge is 0.0900 e. The number of pyridine rings is 6. The van der Waals surface area contributed by atoms with Crippen molar-refractivity contribution < 1.29 is 0 Å². The van der Waals surface area contributed by atoms with Crippen molar-refractivity contribution in [2.75, 3.05) is 0 Å². The molecule has 0 aliphatic rings. The van der Waals surface area contributed by atoms with E-state index in [1.807, 2.05) is 72.8 Å². The number of hydrogen-bond donors (Lipinski definition) is 0. The van der Waals surface area contributed by atoms with Crippen molar-refractivity contribution in [1.82, 2.24) is 29.9 Å². The van der Waals surface area contributed by atoms with Gasteiger partial charge in [0.1, 0.15) is 0 Å². The van der Waals surface area contributed by atoms with Crippen molar-refractivity contribution >= 4 is 0 Å². The van der Waals surface area contributed by atoms with E-state index in [2.05, 4.69) is 92.7 Å². The van der Waals surface area contributed by atoms with Gasteiger partial charge in [0.15, 0.2) is 0 Å². The van der Waals surface area contributed by atoms with Gasteiger partial charge in [0.2, 0.25) is 0 Å². The first-order valence-corrected chi connectivity index (χ1v) is 16.6. The topological polar surface area (TPSA) is 77.3 Å². The lowest BCUT2D eigenvalue weighted by Gasteiger charge is -2.11. The van der Waals surface area contributed by atoms with E-state index in [9.17, 15) is 0 Å². The summed E-state index contributed by atoms with van der Waals surface area (Å²) in [5, 5.41) is 0. The Morgan fingerprint density at radius 1 is 0.280 bits per heavy atom. The summed E-state index contributed by atoms with van der Waals surface area (Å²) in [5.41, 5.74) is 13.8. The first kappa shape index (κ1) is 30.7. The first-order chi connectivity index (χ1) is 24.7. The van der Waals surface area contributed by atoms with Crippen LogP contribution in [0.15, 0.2) is 170 Å². The summed E-state index contributed by atoms with van der Waals surface area (Å²) in [5.74, 6) is 0. The maximum Gasteiger partial charge on any atom is 0.0900 e. The third kappa shape index (κ3) is 7.10. The Morgan fingerprint density at radius 2 is 0.620 bits per heavy atom. The van der Waals surface area contributed by atoms with E-state index in [1.165, 1.54) is 16.7 Å². The highest BCUT2D eigenvalue weighted by molar-refractivity contribution is 5.75. The van der Waals surface area contributed by atoms with Gasteiger partial charge in [-0.05, 0) is 119 Å². The Kier molecular flexibility index (Phi) is 8.72. The summed E-state index contributed by atoms with van der Waals surface area (Å²) in [7, 11) is 0. The van der Waals surface area contributed by atoms with Gasteiger partial charge in [0, 0.05) is 24.8 Å². The van der Waals surface area contributed by atoms with Crippen molar-refractivity contribution in [2.45, 2.75) is 12.8 Å². The SMILES string of the molecule is c1ccc(-c2cc(Cc3ccc(Cc4ccc(-c5cc(-c6ccccn6)nc(-c6ccccn6)c5)cc4)cc3)cc(-c3ccccn3)n2)nc1. The molecule has 0 fully saturated rings. The number of hydrogen-bond acceptors (Lipinski definition) is 6. The summed E-state index contributed by atoms with van der Waals surface area (Å²) in [4.78, 5) is 28.0. The maximum atomic E-state index is 4.91. The van der Waals surface area contributed by atoms with Gasteiger partial charge in [-0.3, -0.25) is 19.9 Å². The molecule has 0 aliphatic heterocycles. The van der Waals surface area contributed by atoms with Gasteiger partial charge >= 0.3 is 0 Å². The molecule has 0 saturated carbocycles. The van der Waals surface area contributed by atoms with Crippen LogP contribution in [-0.4, -0.2) is 29.9 Å². The Labute approximate surface area is 291 Å². The van der Waals surface area contributed by atoms with Crippen LogP contribution in [0, 0.1) is 0 Å². The lowest BCUT2D eigenvalue weighted by atomic mass is 9.97. The molecule has 6 nitrogen and oxygen atoms in total. The molecule has 0 N–H and O–H groups in total. The van der Waals surface area contributed by atoms with Crippen LogP contribution in [0.2, 0.25) is 0 Å².